The molecular weight excluding hydrogens is 528 g/mol. The summed E-state index contributed by atoms with van der Waals surface area (Å²) in [5, 5.41) is 7.73. The Balaban J connectivity index is 1.35. The highest BCUT2D eigenvalue weighted by molar-refractivity contribution is 5.87. The molecular formula is C32H48N8O2. The van der Waals surface area contributed by atoms with E-state index in [9.17, 15) is 4.79 Å². The van der Waals surface area contributed by atoms with E-state index in [1.54, 1.807) is 0 Å². The van der Waals surface area contributed by atoms with E-state index < -0.39 is 5.76 Å². The van der Waals surface area contributed by atoms with E-state index in [0.717, 1.165) is 42.2 Å². The molecule has 0 aromatic carbocycles. The van der Waals surface area contributed by atoms with Gasteiger partial charge in [-0.2, -0.15) is 4.98 Å². The molecule has 1 aliphatic heterocycles. The third-order valence-electron chi connectivity index (χ3n) is 11.0. The van der Waals surface area contributed by atoms with Gasteiger partial charge in [0.2, 0.25) is 17.6 Å². The van der Waals surface area contributed by atoms with Crippen molar-refractivity contribution in [2.24, 2.45) is 23.7 Å². The number of hydrogen-bond acceptors (Lipinski definition) is 8. The van der Waals surface area contributed by atoms with E-state index in [1.165, 1.54) is 96.3 Å². The van der Waals surface area contributed by atoms with Crippen LogP contribution in [0.2, 0.25) is 0 Å². The van der Waals surface area contributed by atoms with Crippen LogP contribution in [-0.2, 0) is 6.54 Å². The van der Waals surface area contributed by atoms with Crippen LogP contribution in [0.4, 0.5) is 11.8 Å². The summed E-state index contributed by atoms with van der Waals surface area (Å²) in [7, 11) is 0. The third-order valence-corrected chi connectivity index (χ3v) is 11.0. The van der Waals surface area contributed by atoms with E-state index in [0.29, 0.717) is 29.3 Å². The fraction of sp³-hybridized carbons (Fsp3) is 0.781. The van der Waals surface area contributed by atoms with Crippen LogP contribution in [-0.4, -0.2) is 48.3 Å². The van der Waals surface area contributed by atoms with Gasteiger partial charge in [-0.25, -0.2) is 14.8 Å². The summed E-state index contributed by atoms with van der Waals surface area (Å²) >= 11 is 0. The van der Waals surface area contributed by atoms with Crippen molar-refractivity contribution in [1.29, 1.82) is 0 Å². The van der Waals surface area contributed by atoms with E-state index in [1.807, 2.05) is 0 Å². The Morgan fingerprint density at radius 2 is 1.71 bits per heavy atom. The molecule has 3 aliphatic carbocycles. The molecule has 3 aromatic rings. The van der Waals surface area contributed by atoms with Gasteiger partial charge in [0.1, 0.15) is 5.52 Å². The largest absolute Gasteiger partial charge is 0.439 e. The number of nitrogens with one attached hydrogen (secondary N) is 2. The van der Waals surface area contributed by atoms with Crippen LogP contribution in [0.3, 0.4) is 0 Å². The van der Waals surface area contributed by atoms with Gasteiger partial charge in [0.25, 0.3) is 0 Å². The molecule has 1 unspecified atom stereocenters. The van der Waals surface area contributed by atoms with Crippen LogP contribution in [0.1, 0.15) is 110 Å². The molecule has 2 N–H and O–H groups in total. The molecule has 228 valence electrons. The Bertz CT molecular complexity index is 1410. The monoisotopic (exact) mass is 576 g/mol. The minimum Gasteiger partial charge on any atom is -0.365 e. The summed E-state index contributed by atoms with van der Waals surface area (Å²) in [6.45, 7) is 6.65. The van der Waals surface area contributed by atoms with Crippen molar-refractivity contribution in [3.63, 3.8) is 0 Å². The standard InChI is InChI=1S/C32H48N8O2/c1-20-14-16-22(17-15-20)19-40-26-27(33-21(2)23-11-8-12-23)34-29(30-37-32(41)42-38-30)35-28(26)36-31(40)39-18-7-6-13-25(39)24-9-4-3-5-10-24/h20-25H,3-19H2,1-2H3,(H,33,34,35)(H,37,38,41)/t20-,21-,22-,25?/m1/s1. The minimum absolute atomic E-state index is 0.247. The number of H-pyrrole nitrogens is 1. The van der Waals surface area contributed by atoms with Gasteiger partial charge in [-0.3, -0.25) is 9.51 Å². The molecule has 4 aliphatic rings. The smallest absolute Gasteiger partial charge is 0.365 e. The Kier molecular flexibility index (Phi) is 7.97. The normalized spacial score (nSPS) is 26.8. The Morgan fingerprint density at radius 1 is 0.929 bits per heavy atom. The highest BCUT2D eigenvalue weighted by Crippen LogP contribution is 2.40. The molecule has 4 heterocycles. The van der Waals surface area contributed by atoms with Crippen LogP contribution in [0.15, 0.2) is 9.32 Å². The number of imidazole rings is 1. The van der Waals surface area contributed by atoms with Crippen LogP contribution >= 0.6 is 0 Å². The van der Waals surface area contributed by atoms with Crippen molar-refractivity contribution in [3.8, 4) is 11.6 Å². The molecule has 4 fully saturated rings. The number of aromatic amines is 1. The molecule has 7 rings (SSSR count). The molecule has 42 heavy (non-hydrogen) atoms. The quantitative estimate of drug-likeness (QED) is 0.311. The Labute approximate surface area is 248 Å². The summed E-state index contributed by atoms with van der Waals surface area (Å²) < 4.78 is 7.32. The highest BCUT2D eigenvalue weighted by atomic mass is 16.5. The van der Waals surface area contributed by atoms with E-state index in [2.05, 4.69) is 38.8 Å². The van der Waals surface area contributed by atoms with E-state index in [4.69, 9.17) is 19.5 Å². The molecule has 0 radical (unpaired) electrons. The molecule has 0 amide bonds. The fourth-order valence-electron chi connectivity index (χ4n) is 8.21. The van der Waals surface area contributed by atoms with Crippen molar-refractivity contribution in [2.45, 2.75) is 129 Å². The van der Waals surface area contributed by atoms with Crippen molar-refractivity contribution in [2.75, 3.05) is 16.8 Å². The lowest BCUT2D eigenvalue weighted by molar-refractivity contribution is 0.252. The van der Waals surface area contributed by atoms with Gasteiger partial charge in [-0.1, -0.05) is 50.6 Å². The maximum absolute atomic E-state index is 11.8. The lowest BCUT2D eigenvalue weighted by Crippen LogP contribution is -2.46. The highest BCUT2D eigenvalue weighted by Gasteiger charge is 2.35. The van der Waals surface area contributed by atoms with Crippen LogP contribution in [0.5, 0.6) is 0 Å². The summed E-state index contributed by atoms with van der Waals surface area (Å²) in [4.78, 5) is 32.4. The van der Waals surface area contributed by atoms with Gasteiger partial charge in [0, 0.05) is 25.2 Å². The lowest BCUT2D eigenvalue weighted by Gasteiger charge is -2.43. The predicted molar refractivity (Wildman–Crippen MR) is 165 cm³/mol. The summed E-state index contributed by atoms with van der Waals surface area (Å²) in [5.41, 5.74) is 1.68. The average Bonchev–Trinajstić information content (AvgIpc) is 3.57. The summed E-state index contributed by atoms with van der Waals surface area (Å²) in [5.74, 6) is 4.67. The number of anilines is 2. The molecule has 3 saturated carbocycles. The van der Waals surface area contributed by atoms with Crippen LogP contribution in [0, 0.1) is 23.7 Å². The summed E-state index contributed by atoms with van der Waals surface area (Å²) in [6.07, 6.45) is 19.4. The Morgan fingerprint density at radius 3 is 2.43 bits per heavy atom. The first-order valence-electron chi connectivity index (χ1n) is 16.9. The first kappa shape index (κ1) is 27.9. The second-order valence-electron chi connectivity index (χ2n) is 13.9. The zero-order valence-corrected chi connectivity index (χ0v) is 25.5. The topological polar surface area (TPSA) is 118 Å². The molecule has 10 nitrogen and oxygen atoms in total. The van der Waals surface area contributed by atoms with E-state index >= 15 is 0 Å². The SMILES string of the molecule is C[C@@H](Nc1nc(-c2noc(=O)[nH]2)nc2nc(N3CCCCC3C3CCCCC3)n(C[C@H]3CC[C@H](C)CC3)c12)C1CCC1. The number of aromatic nitrogens is 6. The second kappa shape index (κ2) is 12.0. The second-order valence-corrected chi connectivity index (χ2v) is 13.9. The number of piperidine rings is 1. The van der Waals surface area contributed by atoms with Gasteiger partial charge >= 0.3 is 5.76 Å². The number of fused-ring (bicyclic) bond motifs is 1. The zero-order chi connectivity index (χ0) is 28.6. The predicted octanol–water partition coefficient (Wildman–Crippen LogP) is 6.54. The van der Waals surface area contributed by atoms with Gasteiger partial charge in [0.15, 0.2) is 11.5 Å². The molecule has 3 aromatic heterocycles. The summed E-state index contributed by atoms with van der Waals surface area (Å²) in [6, 6.07) is 0.819. The minimum atomic E-state index is -0.604. The number of rotatable bonds is 8. The molecule has 1 saturated heterocycles. The Hall–Kier alpha value is -2.91. The molecule has 10 heteroatoms. The van der Waals surface area contributed by atoms with Gasteiger partial charge in [-0.15, -0.1) is 0 Å². The van der Waals surface area contributed by atoms with Crippen LogP contribution in [0.25, 0.3) is 22.8 Å². The van der Waals surface area contributed by atoms with Crippen molar-refractivity contribution in [3.05, 3.63) is 10.6 Å². The van der Waals surface area contributed by atoms with Crippen LogP contribution < -0.4 is 16.0 Å². The van der Waals surface area contributed by atoms with Gasteiger partial charge < -0.3 is 14.8 Å². The first-order valence-corrected chi connectivity index (χ1v) is 16.9. The average molecular weight is 577 g/mol. The molecule has 2 atom stereocenters. The van der Waals surface area contributed by atoms with Gasteiger partial charge in [-0.05, 0) is 88.4 Å². The van der Waals surface area contributed by atoms with E-state index in [-0.39, 0.29) is 11.9 Å². The number of hydrogen-bond donors (Lipinski definition) is 2. The third kappa shape index (κ3) is 5.57. The first-order chi connectivity index (χ1) is 20.5. The maximum Gasteiger partial charge on any atom is 0.439 e. The molecule has 0 spiro atoms. The maximum atomic E-state index is 11.8. The fourth-order valence-corrected chi connectivity index (χ4v) is 8.21. The van der Waals surface area contributed by atoms with Gasteiger partial charge in [0.05, 0.1) is 0 Å². The lowest BCUT2D eigenvalue weighted by atomic mass is 9.80. The number of nitrogens with zero attached hydrogens (tertiary/aromatic N) is 6. The van der Waals surface area contributed by atoms with Crippen molar-refractivity contribution < 1.29 is 4.52 Å². The molecule has 0 bridgehead atoms. The zero-order valence-electron chi connectivity index (χ0n) is 25.5. The van der Waals surface area contributed by atoms with Crippen molar-refractivity contribution in [1.82, 2.24) is 29.7 Å². The van der Waals surface area contributed by atoms with Crippen molar-refractivity contribution >= 4 is 22.9 Å².